The highest BCUT2D eigenvalue weighted by molar-refractivity contribution is 5.92. The first-order chi connectivity index (χ1) is 11.1. The predicted octanol–water partition coefficient (Wildman–Crippen LogP) is 2.73. The van der Waals surface area contributed by atoms with Gasteiger partial charge in [0.05, 0.1) is 12.8 Å². The van der Waals surface area contributed by atoms with Crippen LogP contribution in [0.5, 0.6) is 0 Å². The van der Waals surface area contributed by atoms with E-state index in [0.717, 1.165) is 5.56 Å². The van der Waals surface area contributed by atoms with E-state index in [1.807, 2.05) is 30.3 Å². The summed E-state index contributed by atoms with van der Waals surface area (Å²) in [6, 6.07) is 13.4. The lowest BCUT2D eigenvalue weighted by Crippen LogP contribution is -2.45. The number of para-hydroxylation sites is 1. The summed E-state index contributed by atoms with van der Waals surface area (Å²) in [5.74, 6) is -1.13. The maximum absolute atomic E-state index is 13.5. The van der Waals surface area contributed by atoms with Crippen molar-refractivity contribution in [1.29, 1.82) is 0 Å². The van der Waals surface area contributed by atoms with Gasteiger partial charge < -0.3 is 15.4 Å². The Morgan fingerprint density at radius 2 is 1.74 bits per heavy atom. The molecule has 0 radical (unpaired) electrons. The third-order valence-electron chi connectivity index (χ3n) is 3.20. The number of urea groups is 1. The van der Waals surface area contributed by atoms with Gasteiger partial charge in [-0.25, -0.2) is 14.0 Å². The first-order valence-electron chi connectivity index (χ1n) is 7.04. The number of benzene rings is 2. The maximum atomic E-state index is 13.5. The first-order valence-corrected chi connectivity index (χ1v) is 7.04. The summed E-state index contributed by atoms with van der Waals surface area (Å²) in [6.07, 6.45) is 0.276. The number of carbonyl (C=O) groups excluding carboxylic acids is 2. The molecule has 0 unspecified atom stereocenters. The topological polar surface area (TPSA) is 67.4 Å². The average molecular weight is 316 g/mol. The minimum atomic E-state index is -0.867. The lowest BCUT2D eigenvalue weighted by molar-refractivity contribution is -0.142. The van der Waals surface area contributed by atoms with E-state index in [1.165, 1.54) is 25.3 Å². The zero-order valence-electron chi connectivity index (χ0n) is 12.6. The quantitative estimate of drug-likeness (QED) is 0.834. The number of halogens is 1. The minimum absolute atomic E-state index is 0.0355. The maximum Gasteiger partial charge on any atom is 0.328 e. The summed E-state index contributed by atoms with van der Waals surface area (Å²) in [6.45, 7) is 0. The van der Waals surface area contributed by atoms with Gasteiger partial charge in [0.15, 0.2) is 0 Å². The van der Waals surface area contributed by atoms with E-state index in [0.29, 0.717) is 0 Å². The highest BCUT2D eigenvalue weighted by Crippen LogP contribution is 2.12. The normalized spacial score (nSPS) is 11.4. The van der Waals surface area contributed by atoms with Crippen LogP contribution in [0.2, 0.25) is 0 Å². The SMILES string of the molecule is COC(=O)[C@@H](Cc1ccccc1)NC(=O)Nc1ccccc1F. The molecule has 120 valence electrons. The predicted molar refractivity (Wildman–Crippen MR) is 84.5 cm³/mol. The molecule has 2 aromatic rings. The molecule has 0 heterocycles. The van der Waals surface area contributed by atoms with Crippen LogP contribution in [0.4, 0.5) is 14.9 Å². The van der Waals surface area contributed by atoms with Crippen molar-refractivity contribution in [3.8, 4) is 0 Å². The van der Waals surface area contributed by atoms with Crippen LogP contribution in [0.15, 0.2) is 54.6 Å². The van der Waals surface area contributed by atoms with Crippen molar-refractivity contribution in [3.63, 3.8) is 0 Å². The Kier molecular flexibility index (Phi) is 5.68. The molecule has 0 fully saturated rings. The van der Waals surface area contributed by atoms with Crippen molar-refractivity contribution >= 4 is 17.7 Å². The van der Waals surface area contributed by atoms with Gasteiger partial charge in [-0.05, 0) is 17.7 Å². The molecule has 0 spiro atoms. The van der Waals surface area contributed by atoms with Crippen molar-refractivity contribution in [2.75, 3.05) is 12.4 Å². The number of amides is 2. The van der Waals surface area contributed by atoms with Gasteiger partial charge in [-0.3, -0.25) is 0 Å². The molecule has 23 heavy (non-hydrogen) atoms. The third kappa shape index (κ3) is 4.81. The largest absolute Gasteiger partial charge is 0.467 e. The first kappa shape index (κ1) is 16.5. The highest BCUT2D eigenvalue weighted by Gasteiger charge is 2.22. The summed E-state index contributed by atoms with van der Waals surface area (Å²) < 4.78 is 18.2. The zero-order valence-corrected chi connectivity index (χ0v) is 12.6. The van der Waals surface area contributed by atoms with Gasteiger partial charge in [0.1, 0.15) is 11.9 Å². The molecule has 2 N–H and O–H groups in total. The Labute approximate surface area is 133 Å². The van der Waals surface area contributed by atoms with Crippen LogP contribution in [0.25, 0.3) is 0 Å². The van der Waals surface area contributed by atoms with Crippen molar-refractivity contribution in [2.45, 2.75) is 12.5 Å². The van der Waals surface area contributed by atoms with Crippen LogP contribution >= 0.6 is 0 Å². The van der Waals surface area contributed by atoms with Gasteiger partial charge in [0, 0.05) is 6.42 Å². The van der Waals surface area contributed by atoms with E-state index in [-0.39, 0.29) is 12.1 Å². The Morgan fingerprint density at radius 3 is 2.39 bits per heavy atom. The zero-order chi connectivity index (χ0) is 16.7. The number of hydrogen-bond donors (Lipinski definition) is 2. The molecule has 0 aliphatic heterocycles. The Hall–Kier alpha value is -2.89. The molecule has 6 heteroatoms. The third-order valence-corrected chi connectivity index (χ3v) is 3.20. The van der Waals surface area contributed by atoms with Gasteiger partial charge in [-0.2, -0.15) is 0 Å². The monoisotopic (exact) mass is 316 g/mol. The van der Waals surface area contributed by atoms with E-state index in [1.54, 1.807) is 6.07 Å². The number of rotatable bonds is 5. The highest BCUT2D eigenvalue weighted by atomic mass is 19.1. The van der Waals surface area contributed by atoms with E-state index < -0.39 is 23.9 Å². The molecule has 0 saturated heterocycles. The second kappa shape index (κ2) is 7.93. The standard InChI is InChI=1S/C17H17FN2O3/c1-23-16(21)15(11-12-7-3-2-4-8-12)20-17(22)19-14-10-6-5-9-13(14)18/h2-10,15H,11H2,1H3,(H2,19,20,22)/t15-/m1/s1. The Balaban J connectivity index is 2.04. The Morgan fingerprint density at radius 1 is 1.09 bits per heavy atom. The molecule has 5 nitrogen and oxygen atoms in total. The summed E-state index contributed by atoms with van der Waals surface area (Å²) in [5, 5.41) is 4.87. The van der Waals surface area contributed by atoms with E-state index in [2.05, 4.69) is 10.6 Å². The van der Waals surface area contributed by atoms with Crippen LogP contribution < -0.4 is 10.6 Å². The molecule has 0 aromatic heterocycles. The fourth-order valence-corrected chi connectivity index (χ4v) is 2.06. The molecule has 1 atom stereocenters. The molecule has 0 bridgehead atoms. The van der Waals surface area contributed by atoms with Crippen molar-refractivity contribution in [3.05, 3.63) is 66.0 Å². The smallest absolute Gasteiger partial charge is 0.328 e. The van der Waals surface area contributed by atoms with Crippen LogP contribution in [-0.2, 0) is 16.0 Å². The van der Waals surface area contributed by atoms with E-state index >= 15 is 0 Å². The van der Waals surface area contributed by atoms with Crippen LogP contribution in [0.3, 0.4) is 0 Å². The van der Waals surface area contributed by atoms with Crippen molar-refractivity contribution in [2.24, 2.45) is 0 Å². The number of hydrogen-bond acceptors (Lipinski definition) is 3. The van der Waals surface area contributed by atoms with Crippen LogP contribution in [0, 0.1) is 5.82 Å². The number of ether oxygens (including phenoxy) is 1. The second-order valence-electron chi connectivity index (χ2n) is 4.84. The molecule has 2 aromatic carbocycles. The number of carbonyl (C=O) groups is 2. The van der Waals surface area contributed by atoms with Gasteiger partial charge in [-0.15, -0.1) is 0 Å². The van der Waals surface area contributed by atoms with Gasteiger partial charge >= 0.3 is 12.0 Å². The average Bonchev–Trinajstić information content (AvgIpc) is 2.56. The lowest BCUT2D eigenvalue weighted by Gasteiger charge is -2.17. The summed E-state index contributed by atoms with van der Waals surface area (Å²) in [4.78, 5) is 23.8. The van der Waals surface area contributed by atoms with Gasteiger partial charge in [0.2, 0.25) is 0 Å². The fraction of sp³-hybridized carbons (Fsp3) is 0.176. The minimum Gasteiger partial charge on any atom is -0.467 e. The summed E-state index contributed by atoms with van der Waals surface area (Å²) in [7, 11) is 1.25. The molecule has 2 rings (SSSR count). The fourth-order valence-electron chi connectivity index (χ4n) is 2.06. The van der Waals surface area contributed by atoms with E-state index in [9.17, 15) is 14.0 Å². The molecular weight excluding hydrogens is 299 g/mol. The lowest BCUT2D eigenvalue weighted by atomic mass is 10.1. The number of esters is 1. The Bertz CT molecular complexity index is 677. The molecule has 0 saturated carbocycles. The molecule has 0 aliphatic rings. The number of nitrogens with one attached hydrogen (secondary N) is 2. The van der Waals surface area contributed by atoms with Crippen LogP contribution in [-0.4, -0.2) is 25.2 Å². The number of methoxy groups -OCH3 is 1. The van der Waals surface area contributed by atoms with Crippen LogP contribution in [0.1, 0.15) is 5.56 Å². The van der Waals surface area contributed by atoms with Crippen molar-refractivity contribution < 1.29 is 18.7 Å². The van der Waals surface area contributed by atoms with E-state index in [4.69, 9.17) is 4.74 Å². The van der Waals surface area contributed by atoms with Crippen molar-refractivity contribution in [1.82, 2.24) is 5.32 Å². The summed E-state index contributed by atoms with van der Waals surface area (Å²) >= 11 is 0. The molecular formula is C17H17FN2O3. The summed E-state index contributed by atoms with van der Waals surface area (Å²) in [5.41, 5.74) is 0.905. The molecule has 0 aliphatic carbocycles. The van der Waals surface area contributed by atoms with Gasteiger partial charge in [-0.1, -0.05) is 42.5 Å². The molecule has 2 amide bonds. The number of anilines is 1. The second-order valence-corrected chi connectivity index (χ2v) is 4.84. The van der Waals surface area contributed by atoms with Gasteiger partial charge in [0.25, 0.3) is 0 Å².